The third-order valence-corrected chi connectivity index (χ3v) is 5.56. The van der Waals surface area contributed by atoms with Crippen molar-refractivity contribution in [2.75, 3.05) is 30.3 Å². The molecule has 0 N–H and O–H groups in total. The van der Waals surface area contributed by atoms with Gasteiger partial charge in [-0.2, -0.15) is 0 Å². The lowest BCUT2D eigenvalue weighted by molar-refractivity contribution is -0.132. The predicted octanol–water partition coefficient (Wildman–Crippen LogP) is 3.16. The molecule has 1 atom stereocenters. The summed E-state index contributed by atoms with van der Waals surface area (Å²) in [5.74, 6) is 2.48. The minimum absolute atomic E-state index is 0.304. The second-order valence-electron chi connectivity index (χ2n) is 5.55. The van der Waals surface area contributed by atoms with Crippen molar-refractivity contribution in [2.24, 2.45) is 0 Å². The number of pyridine rings is 1. The van der Waals surface area contributed by atoms with Crippen molar-refractivity contribution in [3.05, 3.63) is 16.7 Å². The molecule has 2 aliphatic heterocycles. The Kier molecular flexibility index (Phi) is 4.74. The van der Waals surface area contributed by atoms with Crippen LogP contribution in [0, 0.1) is 0 Å². The number of piperazine rings is 1. The molecule has 2 aliphatic rings. The van der Waals surface area contributed by atoms with Crippen LogP contribution in [0.25, 0.3) is 0 Å². The zero-order valence-corrected chi connectivity index (χ0v) is 14.6. The van der Waals surface area contributed by atoms with Gasteiger partial charge in [0.1, 0.15) is 5.82 Å². The molecule has 114 valence electrons. The number of aromatic nitrogens is 1. The molecule has 1 saturated heterocycles. The monoisotopic (exact) mass is 369 g/mol. The number of amides is 1. The zero-order valence-electron chi connectivity index (χ0n) is 12.2. The van der Waals surface area contributed by atoms with Crippen LogP contribution < -0.4 is 4.90 Å². The molecule has 0 unspecified atom stereocenters. The van der Waals surface area contributed by atoms with Gasteiger partial charge in [-0.3, -0.25) is 4.79 Å². The number of rotatable bonds is 2. The second kappa shape index (κ2) is 6.57. The topological polar surface area (TPSA) is 36.4 Å². The van der Waals surface area contributed by atoms with E-state index in [1.54, 1.807) is 0 Å². The minimum Gasteiger partial charge on any atom is -0.349 e. The quantitative estimate of drug-likeness (QED) is 0.802. The van der Waals surface area contributed by atoms with Crippen molar-refractivity contribution in [3.8, 4) is 0 Å². The Morgan fingerprint density at radius 1 is 1.52 bits per heavy atom. The molecular formula is C15H20BrN3OS. The number of nitrogens with zero attached hydrogens (tertiary/aromatic N) is 3. The van der Waals surface area contributed by atoms with Crippen LogP contribution in [0.5, 0.6) is 0 Å². The largest absolute Gasteiger partial charge is 0.349 e. The fourth-order valence-electron chi connectivity index (χ4n) is 3.02. The lowest BCUT2D eigenvalue weighted by Gasteiger charge is -2.41. The van der Waals surface area contributed by atoms with Gasteiger partial charge in [0, 0.05) is 48.5 Å². The van der Waals surface area contributed by atoms with E-state index < -0.39 is 0 Å². The Hall–Kier alpha value is -0.750. The normalized spacial score (nSPS) is 21.5. The number of hydrogen-bond donors (Lipinski definition) is 0. The van der Waals surface area contributed by atoms with E-state index in [4.69, 9.17) is 0 Å². The van der Waals surface area contributed by atoms with Gasteiger partial charge >= 0.3 is 0 Å². The van der Waals surface area contributed by atoms with Crippen LogP contribution in [0.4, 0.5) is 5.82 Å². The van der Waals surface area contributed by atoms with Gasteiger partial charge in [-0.05, 0) is 34.8 Å². The number of hydrogen-bond acceptors (Lipinski definition) is 4. The molecule has 1 aromatic heterocycles. The molecule has 0 radical (unpaired) electrons. The van der Waals surface area contributed by atoms with E-state index >= 15 is 0 Å². The number of thioether (sulfide) groups is 1. The van der Waals surface area contributed by atoms with E-state index in [9.17, 15) is 4.79 Å². The number of anilines is 1. The maximum Gasteiger partial charge on any atom is 0.222 e. The highest BCUT2D eigenvalue weighted by molar-refractivity contribution is 9.10. The van der Waals surface area contributed by atoms with Crippen LogP contribution in [0.3, 0.4) is 0 Å². The van der Waals surface area contributed by atoms with Crippen LogP contribution in [0.2, 0.25) is 0 Å². The molecule has 1 aromatic rings. The summed E-state index contributed by atoms with van der Waals surface area (Å²) < 4.78 is 1.03. The van der Waals surface area contributed by atoms with Crippen molar-refractivity contribution < 1.29 is 4.79 Å². The van der Waals surface area contributed by atoms with Crippen LogP contribution in [0.15, 0.2) is 21.6 Å². The molecule has 3 heterocycles. The number of carbonyl (C=O) groups is 1. The summed E-state index contributed by atoms with van der Waals surface area (Å²) in [4.78, 5) is 22.4. The Labute approximate surface area is 138 Å². The highest BCUT2D eigenvalue weighted by Gasteiger charge is 2.32. The fraction of sp³-hybridized carbons (Fsp3) is 0.600. The van der Waals surface area contributed by atoms with Gasteiger partial charge in [-0.1, -0.05) is 6.92 Å². The Morgan fingerprint density at radius 2 is 2.38 bits per heavy atom. The van der Waals surface area contributed by atoms with E-state index in [0.717, 1.165) is 48.5 Å². The summed E-state index contributed by atoms with van der Waals surface area (Å²) in [7, 11) is 0. The van der Waals surface area contributed by atoms with Crippen molar-refractivity contribution in [1.29, 1.82) is 0 Å². The minimum atomic E-state index is 0.304. The molecule has 6 heteroatoms. The van der Waals surface area contributed by atoms with E-state index in [1.165, 1.54) is 4.90 Å². The number of carbonyl (C=O) groups excluding carboxylic acids is 1. The van der Waals surface area contributed by atoms with Gasteiger partial charge in [0.2, 0.25) is 5.91 Å². The smallest absolute Gasteiger partial charge is 0.222 e. The lowest BCUT2D eigenvalue weighted by atomic mass is 10.1. The maximum absolute atomic E-state index is 12.1. The second-order valence-corrected chi connectivity index (χ2v) is 7.60. The average molecular weight is 370 g/mol. The van der Waals surface area contributed by atoms with Crippen LogP contribution in [-0.2, 0) is 4.79 Å². The zero-order chi connectivity index (χ0) is 14.8. The van der Waals surface area contributed by atoms with Crippen LogP contribution >= 0.6 is 27.7 Å². The van der Waals surface area contributed by atoms with Crippen molar-refractivity contribution >= 4 is 39.4 Å². The Balaban J connectivity index is 1.79. The first kappa shape index (κ1) is 15.2. The molecule has 21 heavy (non-hydrogen) atoms. The van der Waals surface area contributed by atoms with E-state index in [1.807, 2.05) is 22.9 Å². The Bertz CT molecular complexity index is 540. The number of halogens is 1. The highest BCUT2D eigenvalue weighted by atomic mass is 79.9. The van der Waals surface area contributed by atoms with Crippen LogP contribution in [-0.4, -0.2) is 47.2 Å². The lowest BCUT2D eigenvalue weighted by Crippen LogP contribution is -2.55. The third-order valence-electron chi connectivity index (χ3n) is 4.08. The summed E-state index contributed by atoms with van der Waals surface area (Å²) in [5.41, 5.74) is 0. The first-order chi connectivity index (χ1) is 10.2. The molecule has 1 amide bonds. The number of fused-ring (bicyclic) bond motifs is 3. The van der Waals surface area contributed by atoms with Crippen molar-refractivity contribution in [3.63, 3.8) is 0 Å². The molecule has 0 aromatic carbocycles. The third kappa shape index (κ3) is 3.21. The van der Waals surface area contributed by atoms with E-state index in [0.29, 0.717) is 18.4 Å². The highest BCUT2D eigenvalue weighted by Crippen LogP contribution is 2.37. The first-order valence-corrected chi connectivity index (χ1v) is 9.29. The molecule has 0 spiro atoms. The van der Waals surface area contributed by atoms with Crippen molar-refractivity contribution in [1.82, 2.24) is 9.88 Å². The predicted molar refractivity (Wildman–Crippen MR) is 89.9 cm³/mol. The standard InChI is InChI=1S/C15H20BrN3OS/c1-2-3-14(20)18-5-6-19-12(10-18)4-7-21-13-8-11(16)9-17-15(13)19/h8-9,12H,2-7,10H2,1H3/t12-/m0/s1. The molecular weight excluding hydrogens is 350 g/mol. The molecule has 0 saturated carbocycles. The summed E-state index contributed by atoms with van der Waals surface area (Å²) in [6, 6.07) is 2.56. The summed E-state index contributed by atoms with van der Waals surface area (Å²) >= 11 is 5.37. The Morgan fingerprint density at radius 3 is 3.19 bits per heavy atom. The van der Waals surface area contributed by atoms with E-state index in [2.05, 4.69) is 38.8 Å². The van der Waals surface area contributed by atoms with Crippen molar-refractivity contribution in [2.45, 2.75) is 37.1 Å². The summed E-state index contributed by atoms with van der Waals surface area (Å²) in [5, 5.41) is 0. The fourth-order valence-corrected chi connectivity index (χ4v) is 4.62. The average Bonchev–Trinajstić information content (AvgIpc) is 2.65. The molecule has 0 bridgehead atoms. The first-order valence-electron chi connectivity index (χ1n) is 7.51. The summed E-state index contributed by atoms with van der Waals surface area (Å²) in [6.07, 6.45) is 4.58. The molecule has 0 aliphatic carbocycles. The summed E-state index contributed by atoms with van der Waals surface area (Å²) in [6.45, 7) is 4.62. The SMILES string of the molecule is CCCC(=O)N1CCN2c3ncc(Br)cc3SCC[C@H]2C1. The van der Waals surface area contributed by atoms with Gasteiger partial charge < -0.3 is 9.80 Å². The molecule has 1 fully saturated rings. The van der Waals surface area contributed by atoms with Gasteiger partial charge in [0.05, 0.1) is 4.90 Å². The molecule has 3 rings (SSSR count). The van der Waals surface area contributed by atoms with Gasteiger partial charge in [0.15, 0.2) is 0 Å². The van der Waals surface area contributed by atoms with Gasteiger partial charge in [-0.15, -0.1) is 11.8 Å². The van der Waals surface area contributed by atoms with Crippen LogP contribution in [0.1, 0.15) is 26.2 Å². The molecule has 4 nitrogen and oxygen atoms in total. The van der Waals surface area contributed by atoms with E-state index in [-0.39, 0.29) is 0 Å². The maximum atomic E-state index is 12.1. The van der Waals surface area contributed by atoms with Gasteiger partial charge in [-0.25, -0.2) is 4.98 Å². The van der Waals surface area contributed by atoms with Gasteiger partial charge in [0.25, 0.3) is 0 Å².